The summed E-state index contributed by atoms with van der Waals surface area (Å²) in [4.78, 5) is 2.77. The Balaban J connectivity index is 1.84. The van der Waals surface area contributed by atoms with E-state index in [1.54, 1.807) is 0 Å². The van der Waals surface area contributed by atoms with Crippen LogP contribution in [0.25, 0.3) is 0 Å². The van der Waals surface area contributed by atoms with Crippen LogP contribution in [-0.2, 0) is 0 Å². The highest BCUT2D eigenvalue weighted by molar-refractivity contribution is 4.88. The molecular weight excluding hydrogens is 196 g/mol. The zero-order valence-corrected chi connectivity index (χ0v) is 11.1. The van der Waals surface area contributed by atoms with Gasteiger partial charge in [0, 0.05) is 6.04 Å². The maximum Gasteiger partial charge on any atom is 0.0119 e. The molecule has 0 amide bonds. The Labute approximate surface area is 101 Å². The third-order valence-electron chi connectivity index (χ3n) is 5.18. The molecule has 94 valence electrons. The van der Waals surface area contributed by atoms with Gasteiger partial charge < -0.3 is 10.2 Å². The fraction of sp³-hybridized carbons (Fsp3) is 1.00. The molecule has 2 fully saturated rings. The minimum atomic E-state index is 0.684. The smallest absolute Gasteiger partial charge is 0.0119 e. The molecule has 2 saturated heterocycles. The first-order chi connectivity index (χ1) is 7.79. The van der Waals surface area contributed by atoms with Gasteiger partial charge in [0.2, 0.25) is 0 Å². The molecule has 0 aromatic carbocycles. The fourth-order valence-electron chi connectivity index (χ4n) is 3.49. The molecule has 0 aliphatic carbocycles. The molecule has 0 aromatic rings. The Morgan fingerprint density at radius 2 is 1.62 bits per heavy atom. The zero-order valence-electron chi connectivity index (χ0n) is 11.1. The fourth-order valence-corrected chi connectivity index (χ4v) is 3.49. The van der Waals surface area contributed by atoms with Gasteiger partial charge >= 0.3 is 0 Å². The number of likely N-dealkylation sites (tertiary alicyclic amines) is 1. The van der Waals surface area contributed by atoms with E-state index in [1.165, 1.54) is 64.7 Å². The Kier molecular flexibility index (Phi) is 4.26. The summed E-state index contributed by atoms with van der Waals surface area (Å²) in [6.45, 7) is 9.92. The Morgan fingerprint density at radius 1 is 1.06 bits per heavy atom. The molecule has 2 aliphatic heterocycles. The van der Waals surface area contributed by atoms with Gasteiger partial charge in [-0.3, -0.25) is 0 Å². The summed E-state index contributed by atoms with van der Waals surface area (Å²) < 4.78 is 0. The normalized spacial score (nSPS) is 28.1. The summed E-state index contributed by atoms with van der Waals surface area (Å²) >= 11 is 0. The van der Waals surface area contributed by atoms with E-state index in [4.69, 9.17) is 0 Å². The van der Waals surface area contributed by atoms with Crippen LogP contribution in [0.5, 0.6) is 0 Å². The predicted octanol–water partition coefficient (Wildman–Crippen LogP) is 2.64. The maximum atomic E-state index is 3.47. The molecule has 16 heavy (non-hydrogen) atoms. The van der Waals surface area contributed by atoms with Gasteiger partial charge in [0.25, 0.3) is 0 Å². The molecule has 2 heterocycles. The zero-order chi connectivity index (χ0) is 11.4. The van der Waals surface area contributed by atoms with Gasteiger partial charge in [0.15, 0.2) is 0 Å². The quantitative estimate of drug-likeness (QED) is 0.793. The molecule has 2 nitrogen and oxygen atoms in total. The molecule has 0 aromatic heterocycles. The summed E-state index contributed by atoms with van der Waals surface area (Å²) in [5.41, 5.74) is 0.684. The molecule has 0 bridgehead atoms. The topological polar surface area (TPSA) is 15.3 Å². The van der Waals surface area contributed by atoms with Crippen LogP contribution >= 0.6 is 0 Å². The standard InChI is InChI=1S/C14H28N2/c1-3-14(4-2)7-11-16(12-8-14)13-5-9-15-10-6-13/h13,15H,3-12H2,1-2H3. The second-order valence-electron chi connectivity index (χ2n) is 5.72. The third kappa shape index (κ3) is 2.60. The first-order valence-electron chi connectivity index (χ1n) is 7.24. The SMILES string of the molecule is CCC1(CC)CCN(C2CCNCC2)CC1. The Bertz CT molecular complexity index is 195. The molecule has 0 atom stereocenters. The van der Waals surface area contributed by atoms with Crippen LogP contribution < -0.4 is 5.32 Å². The van der Waals surface area contributed by atoms with Crippen molar-refractivity contribution in [1.82, 2.24) is 10.2 Å². The molecular formula is C14H28N2. The van der Waals surface area contributed by atoms with Gasteiger partial charge in [0.1, 0.15) is 0 Å². The maximum absolute atomic E-state index is 3.47. The van der Waals surface area contributed by atoms with Gasteiger partial charge in [0.05, 0.1) is 0 Å². The monoisotopic (exact) mass is 224 g/mol. The minimum absolute atomic E-state index is 0.684. The minimum Gasteiger partial charge on any atom is -0.317 e. The third-order valence-corrected chi connectivity index (χ3v) is 5.18. The largest absolute Gasteiger partial charge is 0.317 e. The van der Waals surface area contributed by atoms with E-state index >= 15 is 0 Å². The molecule has 1 N–H and O–H groups in total. The summed E-state index contributed by atoms with van der Waals surface area (Å²) in [6.07, 6.45) is 8.36. The lowest BCUT2D eigenvalue weighted by Gasteiger charge is -2.45. The molecule has 0 radical (unpaired) electrons. The van der Waals surface area contributed by atoms with Crippen LogP contribution in [0.15, 0.2) is 0 Å². The lowest BCUT2D eigenvalue weighted by Crippen LogP contribution is -2.48. The van der Waals surface area contributed by atoms with Crippen molar-refractivity contribution in [3.8, 4) is 0 Å². The van der Waals surface area contributed by atoms with Crippen LogP contribution in [0.1, 0.15) is 52.4 Å². The molecule has 0 spiro atoms. The van der Waals surface area contributed by atoms with Crippen molar-refractivity contribution in [2.75, 3.05) is 26.2 Å². The summed E-state index contributed by atoms with van der Waals surface area (Å²) in [6, 6.07) is 0.882. The summed E-state index contributed by atoms with van der Waals surface area (Å²) in [5, 5.41) is 3.47. The van der Waals surface area contributed by atoms with Crippen molar-refractivity contribution in [2.24, 2.45) is 5.41 Å². The van der Waals surface area contributed by atoms with Crippen LogP contribution in [0.2, 0.25) is 0 Å². The van der Waals surface area contributed by atoms with E-state index in [1.807, 2.05) is 0 Å². The Hall–Kier alpha value is -0.0800. The number of hydrogen-bond donors (Lipinski definition) is 1. The molecule has 2 rings (SSSR count). The second kappa shape index (κ2) is 5.50. The van der Waals surface area contributed by atoms with E-state index < -0.39 is 0 Å². The first kappa shape index (κ1) is 12.4. The van der Waals surface area contributed by atoms with Crippen LogP contribution in [0, 0.1) is 5.41 Å². The van der Waals surface area contributed by atoms with E-state index in [9.17, 15) is 0 Å². The van der Waals surface area contributed by atoms with Gasteiger partial charge in [-0.1, -0.05) is 26.7 Å². The Morgan fingerprint density at radius 3 is 2.12 bits per heavy atom. The van der Waals surface area contributed by atoms with Crippen molar-refractivity contribution < 1.29 is 0 Å². The van der Waals surface area contributed by atoms with Crippen molar-refractivity contribution in [2.45, 2.75) is 58.4 Å². The van der Waals surface area contributed by atoms with Gasteiger partial charge in [-0.25, -0.2) is 0 Å². The van der Waals surface area contributed by atoms with Gasteiger partial charge in [-0.15, -0.1) is 0 Å². The number of piperidine rings is 2. The van der Waals surface area contributed by atoms with Gasteiger partial charge in [-0.05, 0) is 57.3 Å². The molecule has 2 aliphatic rings. The van der Waals surface area contributed by atoms with Crippen LogP contribution in [-0.4, -0.2) is 37.1 Å². The van der Waals surface area contributed by atoms with E-state index in [0.717, 1.165) is 6.04 Å². The highest BCUT2D eigenvalue weighted by Crippen LogP contribution is 2.38. The van der Waals surface area contributed by atoms with Crippen molar-refractivity contribution in [3.63, 3.8) is 0 Å². The average Bonchev–Trinajstić information content (AvgIpc) is 2.40. The van der Waals surface area contributed by atoms with Crippen molar-refractivity contribution in [1.29, 1.82) is 0 Å². The van der Waals surface area contributed by atoms with Crippen LogP contribution in [0.4, 0.5) is 0 Å². The van der Waals surface area contributed by atoms with Crippen molar-refractivity contribution in [3.05, 3.63) is 0 Å². The molecule has 0 saturated carbocycles. The number of nitrogens with zero attached hydrogens (tertiary/aromatic N) is 1. The first-order valence-corrected chi connectivity index (χ1v) is 7.24. The van der Waals surface area contributed by atoms with E-state index in [0.29, 0.717) is 5.41 Å². The highest BCUT2D eigenvalue weighted by atomic mass is 15.2. The lowest BCUT2D eigenvalue weighted by molar-refractivity contribution is 0.0556. The van der Waals surface area contributed by atoms with E-state index in [-0.39, 0.29) is 0 Å². The highest BCUT2D eigenvalue weighted by Gasteiger charge is 2.33. The predicted molar refractivity (Wildman–Crippen MR) is 69.7 cm³/mol. The van der Waals surface area contributed by atoms with E-state index in [2.05, 4.69) is 24.1 Å². The average molecular weight is 224 g/mol. The summed E-state index contributed by atoms with van der Waals surface area (Å²) in [7, 11) is 0. The molecule has 2 heteroatoms. The number of nitrogens with one attached hydrogen (secondary N) is 1. The van der Waals surface area contributed by atoms with Crippen LogP contribution in [0.3, 0.4) is 0 Å². The van der Waals surface area contributed by atoms with Crippen molar-refractivity contribution >= 4 is 0 Å². The summed E-state index contributed by atoms with van der Waals surface area (Å²) in [5.74, 6) is 0. The number of rotatable bonds is 3. The number of hydrogen-bond acceptors (Lipinski definition) is 2. The molecule has 0 unspecified atom stereocenters. The second-order valence-corrected chi connectivity index (χ2v) is 5.72. The van der Waals surface area contributed by atoms with Gasteiger partial charge in [-0.2, -0.15) is 0 Å². The lowest BCUT2D eigenvalue weighted by atomic mass is 9.74.